The number of rotatable bonds is 1. The molecule has 0 N–H and O–H groups in total. The van der Waals surface area contributed by atoms with Gasteiger partial charge in [0, 0.05) is 0 Å². The molecule has 0 aromatic carbocycles. The Morgan fingerprint density at radius 3 is 2.09 bits per heavy atom. The summed E-state index contributed by atoms with van der Waals surface area (Å²) in [5.41, 5.74) is 0.770. The first-order valence-corrected chi connectivity index (χ1v) is 5.21. The largest absolute Gasteiger partial charge is 0.0625 e. The van der Waals surface area contributed by atoms with Gasteiger partial charge in [-0.15, -0.1) is 0 Å². The van der Waals surface area contributed by atoms with E-state index in [1.54, 1.807) is 0 Å². The van der Waals surface area contributed by atoms with Crippen LogP contribution in [0.15, 0.2) is 0 Å². The normalized spacial score (nSPS) is 42.0. The molecule has 0 bridgehead atoms. The topological polar surface area (TPSA) is 0 Å². The highest BCUT2D eigenvalue weighted by Gasteiger charge is 2.42. The Bertz CT molecular complexity index is 136. The summed E-state index contributed by atoms with van der Waals surface area (Å²) >= 11 is 0. The summed E-state index contributed by atoms with van der Waals surface area (Å²) in [6, 6.07) is 0. The maximum absolute atomic E-state index is 2.52. The lowest BCUT2D eigenvalue weighted by Gasteiger charge is -2.44. The minimum Gasteiger partial charge on any atom is -0.0625 e. The summed E-state index contributed by atoms with van der Waals surface area (Å²) in [7, 11) is 0. The predicted molar refractivity (Wildman–Crippen MR) is 48.5 cm³/mol. The van der Waals surface area contributed by atoms with Crippen molar-refractivity contribution in [1.82, 2.24) is 0 Å². The van der Waals surface area contributed by atoms with E-state index in [0.29, 0.717) is 0 Å². The second kappa shape index (κ2) is 2.50. The fourth-order valence-corrected chi connectivity index (χ4v) is 3.06. The maximum Gasteiger partial charge on any atom is -0.0297 e. The van der Waals surface area contributed by atoms with Crippen molar-refractivity contribution < 1.29 is 0 Å². The molecule has 0 aromatic rings. The van der Waals surface area contributed by atoms with Crippen LogP contribution < -0.4 is 0 Å². The van der Waals surface area contributed by atoms with E-state index < -0.39 is 0 Å². The van der Waals surface area contributed by atoms with Crippen molar-refractivity contribution in [1.29, 1.82) is 0 Å². The van der Waals surface area contributed by atoms with E-state index in [-0.39, 0.29) is 0 Å². The Morgan fingerprint density at radius 2 is 1.64 bits per heavy atom. The lowest BCUT2D eigenvalue weighted by Crippen LogP contribution is -2.34. The second-order valence-electron chi connectivity index (χ2n) is 5.13. The van der Waals surface area contributed by atoms with Gasteiger partial charge in [0.25, 0.3) is 0 Å². The molecule has 0 radical (unpaired) electrons. The van der Waals surface area contributed by atoms with E-state index in [1.807, 2.05) is 0 Å². The molecule has 2 fully saturated rings. The third-order valence-corrected chi connectivity index (χ3v) is 4.11. The molecule has 0 spiro atoms. The highest BCUT2D eigenvalue weighted by Crippen LogP contribution is 2.53. The van der Waals surface area contributed by atoms with Gasteiger partial charge in [0.15, 0.2) is 0 Å². The van der Waals surface area contributed by atoms with E-state index in [4.69, 9.17) is 0 Å². The Balaban J connectivity index is 1.93. The second-order valence-corrected chi connectivity index (χ2v) is 5.13. The molecule has 0 saturated heterocycles. The van der Waals surface area contributed by atoms with Gasteiger partial charge in [-0.1, -0.05) is 26.7 Å². The maximum atomic E-state index is 2.52. The zero-order valence-corrected chi connectivity index (χ0v) is 7.90. The SMILES string of the molecule is CC1CC(C2(C)CCCC2)C1. The van der Waals surface area contributed by atoms with E-state index >= 15 is 0 Å². The predicted octanol–water partition coefficient (Wildman–Crippen LogP) is 3.61. The summed E-state index contributed by atoms with van der Waals surface area (Å²) in [5, 5.41) is 0. The van der Waals surface area contributed by atoms with E-state index in [2.05, 4.69) is 13.8 Å². The molecular formula is C11H20. The van der Waals surface area contributed by atoms with Crippen LogP contribution in [0.25, 0.3) is 0 Å². The molecule has 11 heavy (non-hydrogen) atoms. The standard InChI is InChI=1S/C11H20/c1-9-7-10(8-9)11(2)5-3-4-6-11/h9-10H,3-8H2,1-2H3. The first-order valence-electron chi connectivity index (χ1n) is 5.21. The van der Waals surface area contributed by atoms with Gasteiger partial charge in [-0.25, -0.2) is 0 Å². The van der Waals surface area contributed by atoms with Crippen LogP contribution in [0.2, 0.25) is 0 Å². The molecule has 0 heterocycles. The number of hydrogen-bond donors (Lipinski definition) is 0. The fourth-order valence-electron chi connectivity index (χ4n) is 3.06. The quantitative estimate of drug-likeness (QED) is 0.538. The minimum atomic E-state index is 0.770. The molecule has 0 nitrogen and oxygen atoms in total. The van der Waals surface area contributed by atoms with Gasteiger partial charge in [-0.2, -0.15) is 0 Å². The first-order chi connectivity index (χ1) is 5.21. The summed E-state index contributed by atoms with van der Waals surface area (Å²) in [6.45, 7) is 4.92. The zero-order chi connectivity index (χ0) is 7.90. The van der Waals surface area contributed by atoms with Gasteiger partial charge < -0.3 is 0 Å². The number of hydrogen-bond acceptors (Lipinski definition) is 0. The van der Waals surface area contributed by atoms with Crippen molar-refractivity contribution in [2.45, 2.75) is 52.4 Å². The van der Waals surface area contributed by atoms with Crippen LogP contribution in [0.1, 0.15) is 52.4 Å². The van der Waals surface area contributed by atoms with E-state index in [1.165, 1.54) is 38.5 Å². The van der Waals surface area contributed by atoms with Crippen molar-refractivity contribution in [2.75, 3.05) is 0 Å². The molecule has 2 rings (SSSR count). The van der Waals surface area contributed by atoms with Crippen LogP contribution in [0.3, 0.4) is 0 Å². The van der Waals surface area contributed by atoms with E-state index in [9.17, 15) is 0 Å². The highest BCUT2D eigenvalue weighted by molar-refractivity contribution is 4.93. The Hall–Kier alpha value is 0. The van der Waals surface area contributed by atoms with Crippen molar-refractivity contribution in [3.8, 4) is 0 Å². The smallest absolute Gasteiger partial charge is 0.0297 e. The lowest BCUT2D eigenvalue weighted by atomic mass is 9.61. The minimum absolute atomic E-state index is 0.770. The molecule has 0 amide bonds. The zero-order valence-electron chi connectivity index (χ0n) is 7.90. The Kier molecular flexibility index (Phi) is 1.74. The molecule has 0 atom stereocenters. The summed E-state index contributed by atoms with van der Waals surface area (Å²) < 4.78 is 0. The monoisotopic (exact) mass is 152 g/mol. The third kappa shape index (κ3) is 1.21. The van der Waals surface area contributed by atoms with Gasteiger partial charge >= 0.3 is 0 Å². The first kappa shape index (κ1) is 7.64. The van der Waals surface area contributed by atoms with Crippen LogP contribution in [0, 0.1) is 17.3 Å². The van der Waals surface area contributed by atoms with Gasteiger partial charge in [0.1, 0.15) is 0 Å². The van der Waals surface area contributed by atoms with Crippen LogP contribution >= 0.6 is 0 Å². The third-order valence-electron chi connectivity index (χ3n) is 4.11. The van der Waals surface area contributed by atoms with Gasteiger partial charge in [-0.05, 0) is 42.9 Å². The van der Waals surface area contributed by atoms with Crippen molar-refractivity contribution in [3.05, 3.63) is 0 Å². The molecule has 2 saturated carbocycles. The average Bonchev–Trinajstić information content (AvgIpc) is 2.30. The van der Waals surface area contributed by atoms with E-state index in [0.717, 1.165) is 17.3 Å². The van der Waals surface area contributed by atoms with Gasteiger partial charge in [0.2, 0.25) is 0 Å². The van der Waals surface area contributed by atoms with Crippen LogP contribution in [-0.4, -0.2) is 0 Å². The molecule has 0 aromatic heterocycles. The lowest BCUT2D eigenvalue weighted by molar-refractivity contribution is 0.0620. The summed E-state index contributed by atoms with van der Waals surface area (Å²) in [6.07, 6.45) is 9.09. The van der Waals surface area contributed by atoms with Crippen molar-refractivity contribution in [3.63, 3.8) is 0 Å². The molecule has 2 aliphatic rings. The Labute approximate surface area is 70.4 Å². The fraction of sp³-hybridized carbons (Fsp3) is 1.00. The van der Waals surface area contributed by atoms with Gasteiger partial charge in [0.05, 0.1) is 0 Å². The van der Waals surface area contributed by atoms with Crippen LogP contribution in [0.5, 0.6) is 0 Å². The summed E-state index contributed by atoms with van der Waals surface area (Å²) in [4.78, 5) is 0. The van der Waals surface area contributed by atoms with Crippen LogP contribution in [-0.2, 0) is 0 Å². The van der Waals surface area contributed by atoms with Gasteiger partial charge in [-0.3, -0.25) is 0 Å². The van der Waals surface area contributed by atoms with Crippen molar-refractivity contribution in [2.24, 2.45) is 17.3 Å². The van der Waals surface area contributed by atoms with Crippen molar-refractivity contribution >= 4 is 0 Å². The Morgan fingerprint density at radius 1 is 1.09 bits per heavy atom. The molecular weight excluding hydrogens is 132 g/mol. The summed E-state index contributed by atoms with van der Waals surface area (Å²) in [5.74, 6) is 2.14. The molecule has 0 heteroatoms. The molecule has 0 aliphatic heterocycles. The average molecular weight is 152 g/mol. The molecule has 64 valence electrons. The molecule has 2 aliphatic carbocycles. The molecule has 0 unspecified atom stereocenters. The van der Waals surface area contributed by atoms with Crippen LogP contribution in [0.4, 0.5) is 0 Å². The highest BCUT2D eigenvalue weighted by atomic mass is 14.5.